The van der Waals surface area contributed by atoms with E-state index < -0.39 is 8.07 Å². The zero-order chi connectivity index (χ0) is 20.7. The molecule has 1 aromatic carbocycles. The quantitative estimate of drug-likeness (QED) is 0.438. The molecule has 1 saturated heterocycles. The second-order valence-electron chi connectivity index (χ2n) is 9.09. The van der Waals surface area contributed by atoms with E-state index in [4.69, 9.17) is 14.5 Å². The molecule has 1 aromatic heterocycles. The monoisotopic (exact) mass is 416 g/mol. The van der Waals surface area contributed by atoms with E-state index >= 15 is 0 Å². The third-order valence-corrected chi connectivity index (χ3v) is 6.97. The Morgan fingerprint density at radius 3 is 2.41 bits per heavy atom. The van der Waals surface area contributed by atoms with Crippen LogP contribution in [0.25, 0.3) is 11.3 Å². The molecule has 0 bridgehead atoms. The van der Waals surface area contributed by atoms with Crippen molar-refractivity contribution in [1.82, 2.24) is 19.4 Å². The van der Waals surface area contributed by atoms with E-state index in [0.29, 0.717) is 19.3 Å². The lowest BCUT2D eigenvalue weighted by Gasteiger charge is -2.32. The van der Waals surface area contributed by atoms with E-state index in [2.05, 4.69) is 48.6 Å². The van der Waals surface area contributed by atoms with Crippen LogP contribution in [0.1, 0.15) is 0 Å². The van der Waals surface area contributed by atoms with Crippen molar-refractivity contribution in [2.75, 3.05) is 53.0 Å². The fourth-order valence-electron chi connectivity index (χ4n) is 3.23. The van der Waals surface area contributed by atoms with E-state index in [0.717, 1.165) is 56.6 Å². The Bertz CT molecular complexity index is 737. The molecule has 1 fully saturated rings. The Labute approximate surface area is 176 Å². The number of imidazole rings is 1. The highest BCUT2D eigenvalue weighted by atomic mass is 28.3. The molecule has 0 atom stereocenters. The molecule has 1 aliphatic rings. The molecule has 0 aliphatic carbocycles. The molecule has 0 unspecified atom stereocenters. The Morgan fingerprint density at radius 2 is 1.72 bits per heavy atom. The van der Waals surface area contributed by atoms with Gasteiger partial charge in [0.2, 0.25) is 0 Å². The van der Waals surface area contributed by atoms with Crippen LogP contribution in [0.5, 0.6) is 6.01 Å². The van der Waals surface area contributed by atoms with Gasteiger partial charge in [-0.25, -0.2) is 0 Å². The summed E-state index contributed by atoms with van der Waals surface area (Å²) >= 11 is 0. The van der Waals surface area contributed by atoms with Crippen molar-refractivity contribution in [2.24, 2.45) is 0 Å². The Hall–Kier alpha value is -1.67. The van der Waals surface area contributed by atoms with Crippen LogP contribution in [-0.4, -0.2) is 80.4 Å². The summed E-state index contributed by atoms with van der Waals surface area (Å²) in [5.41, 5.74) is 2.02. The number of piperazine rings is 1. The first kappa shape index (κ1) is 22.0. The second kappa shape index (κ2) is 10.4. The fourth-order valence-corrected chi connectivity index (χ4v) is 3.99. The van der Waals surface area contributed by atoms with Crippen molar-refractivity contribution in [2.45, 2.75) is 32.4 Å². The second-order valence-corrected chi connectivity index (χ2v) is 14.7. The number of nitrogens with zero attached hydrogens (tertiary/aromatic N) is 4. The third kappa shape index (κ3) is 7.26. The smallest absolute Gasteiger partial charge is 0.298 e. The molecule has 1 aliphatic heterocycles. The maximum Gasteiger partial charge on any atom is 0.298 e. The summed E-state index contributed by atoms with van der Waals surface area (Å²) in [5.74, 6) is 0. The van der Waals surface area contributed by atoms with Crippen LogP contribution >= 0.6 is 0 Å². The van der Waals surface area contributed by atoms with Gasteiger partial charge in [-0.1, -0.05) is 50.0 Å². The number of hydrogen-bond donors (Lipinski definition) is 0. The van der Waals surface area contributed by atoms with Crippen LogP contribution in [0.4, 0.5) is 0 Å². The number of rotatable bonds is 10. The van der Waals surface area contributed by atoms with Crippen molar-refractivity contribution in [3.05, 3.63) is 36.5 Å². The summed E-state index contributed by atoms with van der Waals surface area (Å²) in [6, 6.07) is 12.0. The van der Waals surface area contributed by atoms with Gasteiger partial charge >= 0.3 is 0 Å². The molecule has 2 aromatic rings. The highest BCUT2D eigenvalue weighted by Gasteiger charge is 2.16. The van der Waals surface area contributed by atoms with Gasteiger partial charge in [0, 0.05) is 59.2 Å². The molecule has 6 nitrogen and oxygen atoms in total. The standard InChI is InChI=1S/C22H36N4O2Si/c1-24-10-12-25(13-11-24)14-15-28-22-23-21(20-8-6-5-7-9-20)18-26(22)19-27-16-17-29(2,3)4/h5-9,18H,10-17,19H2,1-4H3. The predicted octanol–water partition coefficient (Wildman–Crippen LogP) is 3.49. The zero-order valence-corrected chi connectivity index (χ0v) is 19.4. The number of hydrogen-bond acceptors (Lipinski definition) is 5. The molecule has 160 valence electrons. The Morgan fingerprint density at radius 1 is 1.00 bits per heavy atom. The molecule has 7 heteroatoms. The van der Waals surface area contributed by atoms with Crippen molar-refractivity contribution >= 4 is 8.07 Å². The molecule has 2 heterocycles. The van der Waals surface area contributed by atoms with Crippen LogP contribution in [0.15, 0.2) is 36.5 Å². The summed E-state index contributed by atoms with van der Waals surface area (Å²) in [7, 11) is 1.09. The minimum absolute atomic E-state index is 0.480. The molecule has 0 saturated carbocycles. The molecule has 0 spiro atoms. The largest absolute Gasteiger partial charge is 0.463 e. The number of likely N-dealkylation sites (N-methyl/N-ethyl adjacent to an activating group) is 1. The number of ether oxygens (including phenoxy) is 2. The summed E-state index contributed by atoms with van der Waals surface area (Å²) in [6.45, 7) is 14.4. The minimum Gasteiger partial charge on any atom is -0.463 e. The van der Waals surface area contributed by atoms with Gasteiger partial charge in [-0.05, 0) is 13.1 Å². The first-order chi connectivity index (χ1) is 13.9. The maximum absolute atomic E-state index is 6.09. The van der Waals surface area contributed by atoms with Gasteiger partial charge in [-0.15, -0.1) is 0 Å². The number of benzene rings is 1. The average molecular weight is 417 g/mol. The topological polar surface area (TPSA) is 42.8 Å². The van der Waals surface area contributed by atoms with E-state index in [1.807, 2.05) is 29.0 Å². The lowest BCUT2D eigenvalue weighted by atomic mass is 10.2. The fraction of sp³-hybridized carbons (Fsp3) is 0.591. The van der Waals surface area contributed by atoms with Gasteiger partial charge in [-0.3, -0.25) is 9.47 Å². The highest BCUT2D eigenvalue weighted by Crippen LogP contribution is 2.22. The van der Waals surface area contributed by atoms with Crippen LogP contribution in [0.2, 0.25) is 25.7 Å². The zero-order valence-electron chi connectivity index (χ0n) is 18.4. The van der Waals surface area contributed by atoms with Gasteiger partial charge in [0.25, 0.3) is 6.01 Å². The Balaban J connectivity index is 1.59. The number of aromatic nitrogens is 2. The lowest BCUT2D eigenvalue weighted by molar-refractivity contribution is 0.0758. The summed E-state index contributed by atoms with van der Waals surface area (Å²) in [5, 5.41) is 0. The van der Waals surface area contributed by atoms with E-state index in [9.17, 15) is 0 Å². The van der Waals surface area contributed by atoms with Crippen LogP contribution < -0.4 is 4.74 Å². The van der Waals surface area contributed by atoms with Crippen LogP contribution in [0, 0.1) is 0 Å². The van der Waals surface area contributed by atoms with Gasteiger partial charge in [0.05, 0.1) is 5.69 Å². The molecular weight excluding hydrogens is 380 g/mol. The summed E-state index contributed by atoms with van der Waals surface area (Å²) in [6.07, 6.45) is 2.04. The van der Waals surface area contributed by atoms with Crippen molar-refractivity contribution in [3.63, 3.8) is 0 Å². The van der Waals surface area contributed by atoms with E-state index in [1.54, 1.807) is 0 Å². The molecule has 29 heavy (non-hydrogen) atoms. The molecular formula is C22H36N4O2Si. The molecule has 0 amide bonds. The van der Waals surface area contributed by atoms with Crippen molar-refractivity contribution in [3.8, 4) is 17.3 Å². The van der Waals surface area contributed by atoms with E-state index in [-0.39, 0.29) is 0 Å². The lowest BCUT2D eigenvalue weighted by Crippen LogP contribution is -2.45. The van der Waals surface area contributed by atoms with Crippen LogP contribution in [-0.2, 0) is 11.5 Å². The maximum atomic E-state index is 6.09. The summed E-state index contributed by atoms with van der Waals surface area (Å²) < 4.78 is 14.0. The first-order valence-corrected chi connectivity index (χ1v) is 14.4. The van der Waals surface area contributed by atoms with Gasteiger partial charge in [0.15, 0.2) is 0 Å². The van der Waals surface area contributed by atoms with Gasteiger partial charge < -0.3 is 14.4 Å². The average Bonchev–Trinajstić information content (AvgIpc) is 3.10. The summed E-state index contributed by atoms with van der Waals surface area (Å²) in [4.78, 5) is 9.57. The highest BCUT2D eigenvalue weighted by molar-refractivity contribution is 6.76. The van der Waals surface area contributed by atoms with Crippen molar-refractivity contribution < 1.29 is 9.47 Å². The predicted molar refractivity (Wildman–Crippen MR) is 121 cm³/mol. The normalized spacial score (nSPS) is 16.3. The molecule has 3 rings (SSSR count). The molecule has 0 radical (unpaired) electrons. The van der Waals surface area contributed by atoms with Crippen molar-refractivity contribution in [1.29, 1.82) is 0 Å². The van der Waals surface area contributed by atoms with Crippen LogP contribution in [0.3, 0.4) is 0 Å². The SMILES string of the molecule is CN1CCN(CCOc2nc(-c3ccccc3)cn2COCC[Si](C)(C)C)CC1. The van der Waals surface area contributed by atoms with Gasteiger partial charge in [-0.2, -0.15) is 4.98 Å². The van der Waals surface area contributed by atoms with E-state index in [1.165, 1.54) is 0 Å². The third-order valence-electron chi connectivity index (χ3n) is 5.27. The minimum atomic E-state index is -1.09. The Kier molecular flexibility index (Phi) is 7.89. The molecule has 0 N–H and O–H groups in total. The first-order valence-electron chi connectivity index (χ1n) is 10.6. The van der Waals surface area contributed by atoms with Gasteiger partial charge in [0.1, 0.15) is 13.3 Å².